The van der Waals surface area contributed by atoms with Gasteiger partial charge in [0.05, 0.1) is 10.8 Å². The monoisotopic (exact) mass is 486 g/mol. The maximum Gasteiger partial charge on any atom is 0.287 e. The predicted octanol–water partition coefficient (Wildman–Crippen LogP) is 5.19. The van der Waals surface area contributed by atoms with Crippen LogP contribution in [0.3, 0.4) is 0 Å². The van der Waals surface area contributed by atoms with Crippen LogP contribution in [-0.4, -0.2) is 49.0 Å². The van der Waals surface area contributed by atoms with Crippen LogP contribution in [-0.2, 0) is 12.3 Å². The van der Waals surface area contributed by atoms with E-state index in [-0.39, 0.29) is 11.9 Å². The van der Waals surface area contributed by atoms with E-state index in [1.165, 1.54) is 22.0 Å². The average Bonchev–Trinajstić information content (AvgIpc) is 3.53. The van der Waals surface area contributed by atoms with Gasteiger partial charge in [0.2, 0.25) is 0 Å². The lowest BCUT2D eigenvalue weighted by atomic mass is 10.0. The normalized spacial score (nSPS) is 16.0. The summed E-state index contributed by atoms with van der Waals surface area (Å²) in [6.45, 7) is 2.66. The maximum absolute atomic E-state index is 12.8. The van der Waals surface area contributed by atoms with Gasteiger partial charge in [-0.15, -0.1) is 0 Å². The first-order valence-electron chi connectivity index (χ1n) is 11.9. The van der Waals surface area contributed by atoms with Gasteiger partial charge in [-0.1, -0.05) is 48.2 Å². The van der Waals surface area contributed by atoms with E-state index in [1.807, 2.05) is 24.3 Å². The number of amides is 1. The number of furan rings is 1. The van der Waals surface area contributed by atoms with Gasteiger partial charge in [0.15, 0.2) is 5.76 Å². The number of thioether (sulfide) groups is 1. The third-order valence-corrected chi connectivity index (χ3v) is 7.33. The number of nitrogens with zero attached hydrogens (tertiary/aromatic N) is 3. The number of rotatable bonds is 8. The standard InChI is InChI=1S/C28H30N4O2S/c1-31(2)25-12-10-20(23-7-3-4-8-24(23)25)17-32-16-14-21(18-32)30-28(33)26-13-11-22(34-26)19-35-27-9-5-6-15-29-27/h3-13,15,21H,14,16-19H2,1-2H3,(H,30,33). The molecule has 1 fully saturated rings. The lowest BCUT2D eigenvalue weighted by molar-refractivity contribution is 0.0908. The Labute approximate surface area is 210 Å². The molecular formula is C28H30N4O2S. The van der Waals surface area contributed by atoms with Crippen LogP contribution in [0.25, 0.3) is 10.8 Å². The smallest absolute Gasteiger partial charge is 0.287 e. The summed E-state index contributed by atoms with van der Waals surface area (Å²) in [7, 11) is 4.16. The number of anilines is 1. The molecule has 1 aliphatic heterocycles. The van der Waals surface area contributed by atoms with Crippen LogP contribution in [0.5, 0.6) is 0 Å². The van der Waals surface area contributed by atoms with E-state index in [1.54, 1.807) is 24.0 Å². The molecule has 7 heteroatoms. The molecule has 1 amide bonds. The SMILES string of the molecule is CN(C)c1ccc(CN2CCC(NC(=O)c3ccc(CSc4ccccn4)o3)C2)c2ccccc12. The van der Waals surface area contributed by atoms with Crippen molar-refractivity contribution in [2.75, 3.05) is 32.1 Å². The molecule has 1 N–H and O–H groups in total. The molecule has 6 nitrogen and oxygen atoms in total. The lowest BCUT2D eigenvalue weighted by Gasteiger charge is -2.21. The second kappa shape index (κ2) is 10.5. The molecule has 2 aromatic carbocycles. The van der Waals surface area contributed by atoms with Crippen LogP contribution in [0.15, 0.2) is 82.4 Å². The van der Waals surface area contributed by atoms with Crippen LogP contribution in [0, 0.1) is 0 Å². The van der Waals surface area contributed by atoms with Crippen LogP contribution in [0.2, 0.25) is 0 Å². The summed E-state index contributed by atoms with van der Waals surface area (Å²) in [5.41, 5.74) is 2.55. The summed E-state index contributed by atoms with van der Waals surface area (Å²) in [6, 6.07) is 22.6. The van der Waals surface area contributed by atoms with Crippen LogP contribution < -0.4 is 10.2 Å². The number of fused-ring (bicyclic) bond motifs is 1. The second-order valence-electron chi connectivity index (χ2n) is 9.10. The Balaban J connectivity index is 1.17. The molecule has 1 unspecified atom stereocenters. The average molecular weight is 487 g/mol. The number of hydrogen-bond acceptors (Lipinski definition) is 6. The van der Waals surface area contributed by atoms with Crippen molar-refractivity contribution in [1.82, 2.24) is 15.2 Å². The van der Waals surface area contributed by atoms with Gasteiger partial charge in [-0.2, -0.15) is 0 Å². The van der Waals surface area contributed by atoms with Crippen molar-refractivity contribution in [1.29, 1.82) is 0 Å². The van der Waals surface area contributed by atoms with Gasteiger partial charge < -0.3 is 14.6 Å². The van der Waals surface area contributed by atoms with Crippen molar-refractivity contribution in [3.8, 4) is 0 Å². The van der Waals surface area contributed by atoms with Gasteiger partial charge in [-0.3, -0.25) is 9.69 Å². The van der Waals surface area contributed by atoms with Gasteiger partial charge in [0.25, 0.3) is 5.91 Å². The molecule has 0 bridgehead atoms. The minimum Gasteiger partial charge on any atom is -0.455 e. The van der Waals surface area contributed by atoms with Crippen molar-refractivity contribution in [2.45, 2.75) is 29.8 Å². The van der Waals surface area contributed by atoms with Crippen molar-refractivity contribution in [3.05, 3.63) is 90.0 Å². The zero-order chi connectivity index (χ0) is 24.2. The van der Waals surface area contributed by atoms with Crippen LogP contribution in [0.4, 0.5) is 5.69 Å². The summed E-state index contributed by atoms with van der Waals surface area (Å²) in [5.74, 6) is 1.63. The van der Waals surface area contributed by atoms with Gasteiger partial charge >= 0.3 is 0 Å². The first-order chi connectivity index (χ1) is 17.1. The third-order valence-electron chi connectivity index (χ3n) is 6.36. The highest BCUT2D eigenvalue weighted by Gasteiger charge is 2.25. The van der Waals surface area contributed by atoms with Gasteiger partial charge in [-0.25, -0.2) is 4.98 Å². The number of carbonyl (C=O) groups excluding carboxylic acids is 1. The highest BCUT2D eigenvalue weighted by Crippen LogP contribution is 2.30. The molecule has 180 valence electrons. The number of benzene rings is 2. The first-order valence-corrected chi connectivity index (χ1v) is 12.9. The zero-order valence-corrected chi connectivity index (χ0v) is 20.9. The molecular weight excluding hydrogens is 456 g/mol. The highest BCUT2D eigenvalue weighted by molar-refractivity contribution is 7.98. The number of carbonyl (C=O) groups is 1. The molecule has 1 atom stereocenters. The largest absolute Gasteiger partial charge is 0.455 e. The maximum atomic E-state index is 12.8. The molecule has 2 aromatic heterocycles. The topological polar surface area (TPSA) is 61.6 Å². The van der Waals surface area contributed by atoms with Crippen LogP contribution >= 0.6 is 11.8 Å². The second-order valence-corrected chi connectivity index (χ2v) is 10.1. The lowest BCUT2D eigenvalue weighted by Crippen LogP contribution is -2.36. The van der Waals surface area contributed by atoms with Crippen molar-refractivity contribution in [3.63, 3.8) is 0 Å². The number of nitrogens with one attached hydrogen (secondary N) is 1. The fourth-order valence-electron chi connectivity index (χ4n) is 4.62. The molecule has 0 saturated carbocycles. The Hall–Kier alpha value is -3.29. The van der Waals surface area contributed by atoms with Crippen LogP contribution in [0.1, 0.15) is 28.3 Å². The minimum absolute atomic E-state index is 0.117. The first kappa shape index (κ1) is 23.5. The molecule has 1 saturated heterocycles. The van der Waals surface area contributed by atoms with E-state index < -0.39 is 0 Å². The Morgan fingerprint density at radius 2 is 1.91 bits per heavy atom. The van der Waals surface area contributed by atoms with E-state index in [0.717, 1.165) is 36.8 Å². The molecule has 1 aliphatic rings. The number of pyridine rings is 1. The molecule has 0 spiro atoms. The van der Waals surface area contributed by atoms with E-state index in [2.05, 4.69) is 70.6 Å². The van der Waals surface area contributed by atoms with E-state index in [0.29, 0.717) is 11.5 Å². The van der Waals surface area contributed by atoms with Gasteiger partial charge in [0, 0.05) is 57.0 Å². The molecule has 4 aromatic rings. The predicted molar refractivity (Wildman–Crippen MR) is 142 cm³/mol. The molecule has 5 rings (SSSR count). The number of hydrogen-bond donors (Lipinski definition) is 1. The quantitative estimate of drug-likeness (QED) is 0.346. The minimum atomic E-state index is -0.147. The summed E-state index contributed by atoms with van der Waals surface area (Å²) in [6.07, 6.45) is 2.71. The molecule has 0 aliphatic carbocycles. The van der Waals surface area contributed by atoms with E-state index in [9.17, 15) is 4.79 Å². The molecule has 3 heterocycles. The van der Waals surface area contributed by atoms with Crippen molar-refractivity contribution < 1.29 is 9.21 Å². The Bertz CT molecular complexity index is 1300. The van der Waals surface area contributed by atoms with Gasteiger partial charge in [0.1, 0.15) is 5.76 Å². The van der Waals surface area contributed by atoms with Crippen molar-refractivity contribution >= 4 is 34.1 Å². The zero-order valence-electron chi connectivity index (χ0n) is 20.1. The number of aromatic nitrogens is 1. The summed E-state index contributed by atoms with van der Waals surface area (Å²) < 4.78 is 5.80. The summed E-state index contributed by atoms with van der Waals surface area (Å²) in [5, 5.41) is 6.66. The fourth-order valence-corrected chi connectivity index (χ4v) is 5.38. The Morgan fingerprint density at radius 3 is 2.71 bits per heavy atom. The Kier molecular flexibility index (Phi) is 7.06. The van der Waals surface area contributed by atoms with Crippen molar-refractivity contribution in [2.24, 2.45) is 0 Å². The third kappa shape index (κ3) is 5.52. The Morgan fingerprint density at radius 1 is 1.09 bits per heavy atom. The highest BCUT2D eigenvalue weighted by atomic mass is 32.2. The van der Waals surface area contributed by atoms with Gasteiger partial charge in [-0.05, 0) is 47.7 Å². The summed E-state index contributed by atoms with van der Waals surface area (Å²) >= 11 is 1.59. The van der Waals surface area contributed by atoms with E-state index >= 15 is 0 Å². The van der Waals surface area contributed by atoms with E-state index in [4.69, 9.17) is 4.42 Å². The molecule has 0 radical (unpaired) electrons. The fraction of sp³-hybridized carbons (Fsp3) is 0.286. The summed E-state index contributed by atoms with van der Waals surface area (Å²) in [4.78, 5) is 21.7. The number of likely N-dealkylation sites (tertiary alicyclic amines) is 1. The molecule has 35 heavy (non-hydrogen) atoms.